The van der Waals surface area contributed by atoms with Crippen molar-refractivity contribution in [2.24, 2.45) is 0 Å². The van der Waals surface area contributed by atoms with Crippen LogP contribution >= 0.6 is 0 Å². The Kier molecular flexibility index (Phi) is 4.31. The number of nitrogens with zero attached hydrogens (tertiary/aromatic N) is 3. The molecule has 0 spiro atoms. The van der Waals surface area contributed by atoms with Crippen LogP contribution in [0.25, 0.3) is 32.8 Å². The maximum Gasteiger partial charge on any atom is 0.243 e. The lowest BCUT2D eigenvalue weighted by atomic mass is 10.1. The summed E-state index contributed by atoms with van der Waals surface area (Å²) < 4.78 is 1.97. The van der Waals surface area contributed by atoms with E-state index in [1.807, 2.05) is 82.3 Å². The third-order valence-corrected chi connectivity index (χ3v) is 6.47. The summed E-state index contributed by atoms with van der Waals surface area (Å²) in [6.45, 7) is 0.884. The molecule has 1 N–H and O–H groups in total. The highest BCUT2D eigenvalue weighted by molar-refractivity contribution is 5.95. The van der Waals surface area contributed by atoms with Crippen LogP contribution in [0.5, 0.6) is 0 Å². The van der Waals surface area contributed by atoms with Gasteiger partial charge in [0.25, 0.3) is 0 Å². The Labute approximate surface area is 184 Å². The summed E-state index contributed by atoms with van der Waals surface area (Å²) in [4.78, 5) is 36.6. The van der Waals surface area contributed by atoms with E-state index in [1.165, 1.54) is 0 Å². The van der Waals surface area contributed by atoms with Crippen molar-refractivity contribution in [1.82, 2.24) is 19.4 Å². The number of amides is 1. The minimum atomic E-state index is -0.0631. The molecule has 0 bridgehead atoms. The highest BCUT2D eigenvalue weighted by atomic mass is 16.2. The number of para-hydroxylation sites is 4. The zero-order chi connectivity index (χ0) is 21.7. The maximum absolute atomic E-state index is 13.6. The molecule has 6 rings (SSSR count). The first-order valence-electron chi connectivity index (χ1n) is 10.9. The second kappa shape index (κ2) is 7.34. The van der Waals surface area contributed by atoms with Gasteiger partial charge in [0.05, 0.1) is 28.1 Å². The summed E-state index contributed by atoms with van der Waals surface area (Å²) >= 11 is 0. The number of carbonyl (C=O) groups is 1. The fourth-order valence-electron chi connectivity index (χ4n) is 4.95. The molecular formula is C26H22N4O2. The van der Waals surface area contributed by atoms with Gasteiger partial charge in [-0.1, -0.05) is 36.4 Å². The lowest BCUT2D eigenvalue weighted by molar-refractivity contribution is -0.132. The monoisotopic (exact) mass is 422 g/mol. The predicted molar refractivity (Wildman–Crippen MR) is 125 cm³/mol. The van der Waals surface area contributed by atoms with Crippen molar-refractivity contribution >= 4 is 38.7 Å². The third-order valence-electron chi connectivity index (χ3n) is 6.47. The third kappa shape index (κ3) is 2.91. The normalized spacial score (nSPS) is 16.4. The van der Waals surface area contributed by atoms with E-state index >= 15 is 0 Å². The number of carbonyl (C=O) groups excluding carboxylic acids is 1. The SMILES string of the molecule is O=C(Cn1c2ccccc2c(=O)c2ccccc21)N1CCCC1c1nc2ccccc2[nH]1. The number of H-pyrrole nitrogens is 1. The molecule has 5 aromatic rings. The molecule has 0 radical (unpaired) electrons. The van der Waals surface area contributed by atoms with Gasteiger partial charge in [0.15, 0.2) is 5.43 Å². The number of benzene rings is 3. The van der Waals surface area contributed by atoms with Gasteiger partial charge in [0.2, 0.25) is 5.91 Å². The molecule has 32 heavy (non-hydrogen) atoms. The minimum Gasteiger partial charge on any atom is -0.340 e. The van der Waals surface area contributed by atoms with E-state index in [9.17, 15) is 9.59 Å². The molecule has 3 aromatic carbocycles. The fourth-order valence-corrected chi connectivity index (χ4v) is 4.95. The first-order chi connectivity index (χ1) is 15.7. The molecule has 6 nitrogen and oxygen atoms in total. The van der Waals surface area contributed by atoms with E-state index in [4.69, 9.17) is 4.98 Å². The van der Waals surface area contributed by atoms with Crippen LogP contribution in [-0.2, 0) is 11.3 Å². The molecule has 1 aliphatic heterocycles. The maximum atomic E-state index is 13.6. The van der Waals surface area contributed by atoms with Crippen LogP contribution in [0.1, 0.15) is 24.7 Å². The van der Waals surface area contributed by atoms with E-state index in [2.05, 4.69) is 4.98 Å². The van der Waals surface area contributed by atoms with Gasteiger partial charge in [-0.25, -0.2) is 4.98 Å². The van der Waals surface area contributed by atoms with Gasteiger partial charge >= 0.3 is 0 Å². The Balaban J connectivity index is 1.41. The van der Waals surface area contributed by atoms with Crippen molar-refractivity contribution in [3.8, 4) is 0 Å². The van der Waals surface area contributed by atoms with E-state index in [-0.39, 0.29) is 23.9 Å². The Bertz CT molecular complexity index is 1460. The number of imidazole rings is 1. The molecule has 0 aliphatic carbocycles. The Morgan fingerprint density at radius 1 is 0.938 bits per heavy atom. The largest absolute Gasteiger partial charge is 0.340 e. The van der Waals surface area contributed by atoms with Crippen molar-refractivity contribution in [2.75, 3.05) is 6.54 Å². The quantitative estimate of drug-likeness (QED) is 0.438. The van der Waals surface area contributed by atoms with Gasteiger partial charge < -0.3 is 14.5 Å². The van der Waals surface area contributed by atoms with E-state index < -0.39 is 0 Å². The second-order valence-corrected chi connectivity index (χ2v) is 8.33. The van der Waals surface area contributed by atoms with Gasteiger partial charge in [-0.05, 0) is 49.2 Å². The Morgan fingerprint density at radius 2 is 1.59 bits per heavy atom. The fraction of sp³-hybridized carbons (Fsp3) is 0.192. The molecule has 0 saturated carbocycles. The van der Waals surface area contributed by atoms with Crippen LogP contribution in [-0.4, -0.2) is 31.9 Å². The number of nitrogens with one attached hydrogen (secondary N) is 1. The summed E-state index contributed by atoms with van der Waals surface area (Å²) in [7, 11) is 0. The van der Waals surface area contributed by atoms with Gasteiger partial charge in [0, 0.05) is 17.3 Å². The summed E-state index contributed by atoms with van der Waals surface area (Å²) in [5, 5.41) is 1.27. The van der Waals surface area contributed by atoms with Crippen LogP contribution in [0.15, 0.2) is 77.6 Å². The first kappa shape index (κ1) is 18.8. The van der Waals surface area contributed by atoms with Crippen LogP contribution in [0.4, 0.5) is 0 Å². The van der Waals surface area contributed by atoms with E-state index in [0.717, 1.165) is 40.7 Å². The van der Waals surface area contributed by atoms with Crippen molar-refractivity contribution < 1.29 is 4.79 Å². The predicted octanol–water partition coefficient (Wildman–Crippen LogP) is 4.39. The zero-order valence-electron chi connectivity index (χ0n) is 17.5. The Hall–Kier alpha value is -3.93. The van der Waals surface area contributed by atoms with Crippen molar-refractivity contribution in [3.05, 3.63) is 88.8 Å². The average molecular weight is 422 g/mol. The number of fused-ring (bicyclic) bond motifs is 3. The van der Waals surface area contributed by atoms with Gasteiger partial charge in [-0.15, -0.1) is 0 Å². The summed E-state index contributed by atoms with van der Waals surface area (Å²) in [6, 6.07) is 22.9. The lowest BCUT2D eigenvalue weighted by Gasteiger charge is -2.25. The number of rotatable bonds is 3. The molecule has 1 aliphatic rings. The van der Waals surface area contributed by atoms with Crippen LogP contribution < -0.4 is 5.43 Å². The average Bonchev–Trinajstić information content (AvgIpc) is 3.48. The van der Waals surface area contributed by atoms with Gasteiger partial charge in [-0.2, -0.15) is 0 Å². The molecule has 2 aromatic heterocycles. The van der Waals surface area contributed by atoms with Crippen molar-refractivity contribution in [1.29, 1.82) is 0 Å². The molecule has 1 amide bonds. The second-order valence-electron chi connectivity index (χ2n) is 8.33. The molecule has 158 valence electrons. The first-order valence-corrected chi connectivity index (χ1v) is 10.9. The number of hydrogen-bond acceptors (Lipinski definition) is 3. The molecule has 1 fully saturated rings. The topological polar surface area (TPSA) is 71.0 Å². The molecule has 1 atom stereocenters. The lowest BCUT2D eigenvalue weighted by Crippen LogP contribution is -2.34. The summed E-state index contributed by atoms with van der Waals surface area (Å²) in [6.07, 6.45) is 1.83. The van der Waals surface area contributed by atoms with Crippen LogP contribution in [0, 0.1) is 0 Å². The summed E-state index contributed by atoms with van der Waals surface area (Å²) in [5.74, 6) is 0.874. The molecule has 1 saturated heterocycles. The van der Waals surface area contributed by atoms with Crippen molar-refractivity contribution in [2.45, 2.75) is 25.4 Å². The number of likely N-dealkylation sites (tertiary alicyclic amines) is 1. The smallest absolute Gasteiger partial charge is 0.243 e. The van der Waals surface area contributed by atoms with E-state index in [0.29, 0.717) is 17.3 Å². The number of aromatic nitrogens is 3. The summed E-state index contributed by atoms with van der Waals surface area (Å²) in [5.41, 5.74) is 3.47. The van der Waals surface area contributed by atoms with Crippen LogP contribution in [0.2, 0.25) is 0 Å². The molecule has 1 unspecified atom stereocenters. The van der Waals surface area contributed by atoms with Gasteiger partial charge in [-0.3, -0.25) is 9.59 Å². The van der Waals surface area contributed by atoms with Crippen molar-refractivity contribution in [3.63, 3.8) is 0 Å². The number of aromatic amines is 1. The standard InChI is InChI=1S/C26H22N4O2/c31-24(29-15-7-14-23(29)26-27-19-10-3-4-11-20(19)28-26)16-30-21-12-5-1-8-17(21)25(32)18-9-2-6-13-22(18)30/h1-6,8-13,23H,7,14-16H2,(H,27,28). The number of hydrogen-bond donors (Lipinski definition) is 1. The minimum absolute atomic E-state index is 0.00113. The Morgan fingerprint density at radius 3 is 2.31 bits per heavy atom. The van der Waals surface area contributed by atoms with E-state index in [1.54, 1.807) is 0 Å². The van der Waals surface area contributed by atoms with Crippen LogP contribution in [0.3, 0.4) is 0 Å². The molecular weight excluding hydrogens is 400 g/mol. The highest BCUT2D eigenvalue weighted by Crippen LogP contribution is 2.32. The highest BCUT2D eigenvalue weighted by Gasteiger charge is 2.32. The molecule has 3 heterocycles. The zero-order valence-corrected chi connectivity index (χ0v) is 17.5. The molecule has 6 heteroatoms. The number of pyridine rings is 1. The van der Waals surface area contributed by atoms with Gasteiger partial charge in [0.1, 0.15) is 12.4 Å².